The van der Waals surface area contributed by atoms with Crippen LogP contribution in [0.4, 0.5) is 0 Å². The summed E-state index contributed by atoms with van der Waals surface area (Å²) in [5, 5.41) is 10.3. The fourth-order valence-electron chi connectivity index (χ4n) is 8.41. The van der Waals surface area contributed by atoms with E-state index >= 15 is 0 Å². The quantitative estimate of drug-likeness (QED) is 0.496. The van der Waals surface area contributed by atoms with Crippen LogP contribution in [-0.2, 0) is 14.3 Å². The van der Waals surface area contributed by atoms with Crippen molar-refractivity contribution in [2.75, 3.05) is 14.2 Å². The zero-order valence-electron chi connectivity index (χ0n) is 19.7. The molecule has 4 rings (SSSR count). The first-order valence-corrected chi connectivity index (χ1v) is 12.3. The monoisotopic (exact) mass is 418 g/mol. The predicted molar refractivity (Wildman–Crippen MR) is 118 cm³/mol. The van der Waals surface area contributed by atoms with Crippen LogP contribution in [-0.4, -0.2) is 37.5 Å². The smallest absolute Gasteiger partial charge is 0.305 e. The second kappa shape index (κ2) is 8.24. The van der Waals surface area contributed by atoms with Gasteiger partial charge in [-0.25, -0.2) is 0 Å². The molecule has 0 aromatic heterocycles. The number of carbonyl (C=O) groups excluding carboxylic acids is 1. The van der Waals surface area contributed by atoms with Crippen molar-refractivity contribution in [3.05, 3.63) is 11.6 Å². The number of esters is 1. The molecule has 4 aliphatic carbocycles. The predicted octanol–water partition coefficient (Wildman–Crippen LogP) is 5.14. The van der Waals surface area contributed by atoms with Crippen LogP contribution in [0.3, 0.4) is 0 Å². The summed E-state index contributed by atoms with van der Waals surface area (Å²) in [6.07, 6.45) is 12.0. The summed E-state index contributed by atoms with van der Waals surface area (Å²) in [5.74, 6) is 2.91. The van der Waals surface area contributed by atoms with Crippen molar-refractivity contribution in [1.29, 1.82) is 0 Å². The van der Waals surface area contributed by atoms with Crippen LogP contribution in [0.15, 0.2) is 11.6 Å². The number of rotatable bonds is 5. The second-order valence-corrected chi connectivity index (χ2v) is 11.3. The van der Waals surface area contributed by atoms with E-state index in [0.29, 0.717) is 36.0 Å². The molecule has 3 saturated carbocycles. The first kappa shape index (κ1) is 22.3. The third-order valence-corrected chi connectivity index (χ3v) is 10.1. The molecule has 9 atom stereocenters. The minimum atomic E-state index is -0.112. The lowest BCUT2D eigenvalue weighted by Gasteiger charge is -2.58. The Balaban J connectivity index is 1.63. The van der Waals surface area contributed by atoms with E-state index in [2.05, 4.69) is 26.8 Å². The average molecular weight is 419 g/mol. The number of hydrogen-bond donors (Lipinski definition) is 1. The first-order valence-electron chi connectivity index (χ1n) is 12.3. The molecule has 4 aliphatic rings. The van der Waals surface area contributed by atoms with Gasteiger partial charge in [0.1, 0.15) is 0 Å². The molecule has 0 saturated heterocycles. The van der Waals surface area contributed by atoms with Gasteiger partial charge in [-0.3, -0.25) is 4.79 Å². The van der Waals surface area contributed by atoms with E-state index in [1.807, 2.05) is 7.11 Å². The van der Waals surface area contributed by atoms with Gasteiger partial charge in [-0.05, 0) is 86.4 Å². The third-order valence-electron chi connectivity index (χ3n) is 10.1. The van der Waals surface area contributed by atoms with Crippen molar-refractivity contribution >= 4 is 5.97 Å². The molecule has 0 radical (unpaired) electrons. The summed E-state index contributed by atoms with van der Waals surface area (Å²) in [7, 11) is 3.36. The van der Waals surface area contributed by atoms with E-state index in [4.69, 9.17) is 9.47 Å². The summed E-state index contributed by atoms with van der Waals surface area (Å²) >= 11 is 0. The summed E-state index contributed by atoms with van der Waals surface area (Å²) in [6.45, 7) is 7.28. The molecule has 0 aromatic carbocycles. The molecule has 3 fully saturated rings. The molecular formula is C26H42O4. The van der Waals surface area contributed by atoms with Crippen molar-refractivity contribution in [1.82, 2.24) is 0 Å². The highest BCUT2D eigenvalue weighted by molar-refractivity contribution is 5.69. The van der Waals surface area contributed by atoms with Gasteiger partial charge in [-0.15, -0.1) is 0 Å². The van der Waals surface area contributed by atoms with Crippen molar-refractivity contribution in [2.45, 2.75) is 90.8 Å². The number of allylic oxidation sites excluding steroid dienone is 1. The number of hydrogen-bond acceptors (Lipinski definition) is 4. The highest BCUT2D eigenvalue weighted by atomic mass is 16.5. The van der Waals surface area contributed by atoms with Crippen molar-refractivity contribution in [2.24, 2.45) is 40.4 Å². The van der Waals surface area contributed by atoms with E-state index in [1.54, 1.807) is 5.57 Å². The Labute approximate surface area is 182 Å². The van der Waals surface area contributed by atoms with Crippen molar-refractivity contribution in [3.8, 4) is 0 Å². The maximum Gasteiger partial charge on any atom is 0.305 e. The van der Waals surface area contributed by atoms with E-state index in [0.717, 1.165) is 25.7 Å². The van der Waals surface area contributed by atoms with Gasteiger partial charge in [0.05, 0.1) is 19.3 Å². The molecule has 0 heterocycles. The largest absolute Gasteiger partial charge is 0.469 e. The third kappa shape index (κ3) is 3.37. The number of aliphatic hydroxyl groups excluding tert-OH is 1. The van der Waals surface area contributed by atoms with Gasteiger partial charge in [-0.2, -0.15) is 0 Å². The van der Waals surface area contributed by atoms with Gasteiger partial charge in [0.15, 0.2) is 0 Å². The Morgan fingerprint density at radius 1 is 1.20 bits per heavy atom. The Morgan fingerprint density at radius 3 is 2.67 bits per heavy atom. The minimum Gasteiger partial charge on any atom is -0.469 e. The van der Waals surface area contributed by atoms with E-state index in [-0.39, 0.29) is 29.0 Å². The number of ether oxygens (including phenoxy) is 2. The molecule has 0 aromatic rings. The Morgan fingerprint density at radius 2 is 1.97 bits per heavy atom. The lowest BCUT2D eigenvalue weighted by Crippen LogP contribution is -2.53. The van der Waals surface area contributed by atoms with Crippen LogP contribution in [0, 0.1) is 40.4 Å². The fourth-order valence-corrected chi connectivity index (χ4v) is 8.41. The maximum absolute atomic E-state index is 11.7. The molecule has 4 nitrogen and oxygen atoms in total. The van der Waals surface area contributed by atoms with Gasteiger partial charge in [0, 0.05) is 18.9 Å². The standard InChI is InChI=1S/C26H42O4/c1-16(6-11-24(28)30-5)20-9-10-21-19-8-7-17-14-18(27)12-13-25(17,2)22(19)15-23(29-4)26(20,21)3/h15-21,23,27H,6-14H2,1-5H3/t16-,17-,18+,19+,20-,21+,23-,25-,26+/m0/s1. The van der Waals surface area contributed by atoms with Crippen LogP contribution in [0.25, 0.3) is 0 Å². The molecular weight excluding hydrogens is 376 g/mol. The molecule has 1 N–H and O–H groups in total. The Bertz CT molecular complexity index is 687. The SMILES string of the molecule is COC(=O)CC[C@H](C)[C@@H]1CC[C@@H]2[C@H]3CC[C@H]4C[C@H](O)CC[C@]4(C)C3=C[C@H](OC)[C@@]21C. The number of aliphatic hydroxyl groups is 1. The summed E-state index contributed by atoms with van der Waals surface area (Å²) < 4.78 is 11.1. The Hall–Kier alpha value is -0.870. The normalized spacial score (nSPS) is 46.3. The molecule has 170 valence electrons. The van der Waals surface area contributed by atoms with Crippen LogP contribution < -0.4 is 0 Å². The van der Waals surface area contributed by atoms with Gasteiger partial charge in [0.2, 0.25) is 0 Å². The molecule has 0 amide bonds. The molecule has 30 heavy (non-hydrogen) atoms. The molecule has 0 aliphatic heterocycles. The fraction of sp³-hybridized carbons (Fsp3) is 0.885. The van der Waals surface area contributed by atoms with Gasteiger partial charge in [-0.1, -0.05) is 32.4 Å². The zero-order valence-corrected chi connectivity index (χ0v) is 19.7. The maximum atomic E-state index is 11.7. The average Bonchev–Trinajstić information content (AvgIpc) is 3.09. The van der Waals surface area contributed by atoms with Crippen molar-refractivity contribution in [3.63, 3.8) is 0 Å². The van der Waals surface area contributed by atoms with Crippen LogP contribution in [0.5, 0.6) is 0 Å². The Kier molecular flexibility index (Phi) is 6.13. The lowest BCUT2D eigenvalue weighted by molar-refractivity contribution is -0.141. The van der Waals surface area contributed by atoms with E-state index < -0.39 is 0 Å². The number of methoxy groups -OCH3 is 2. The molecule has 0 spiro atoms. The van der Waals surface area contributed by atoms with E-state index in [9.17, 15) is 9.90 Å². The highest BCUT2D eigenvalue weighted by Crippen LogP contribution is 2.66. The van der Waals surface area contributed by atoms with Gasteiger partial charge < -0.3 is 14.6 Å². The van der Waals surface area contributed by atoms with E-state index in [1.165, 1.54) is 32.8 Å². The topological polar surface area (TPSA) is 55.8 Å². The molecule has 4 heteroatoms. The number of fused-ring (bicyclic) bond motifs is 5. The van der Waals surface area contributed by atoms with Gasteiger partial charge >= 0.3 is 5.97 Å². The molecule has 0 unspecified atom stereocenters. The van der Waals surface area contributed by atoms with Gasteiger partial charge in [0.25, 0.3) is 0 Å². The summed E-state index contributed by atoms with van der Waals surface area (Å²) in [5.41, 5.74) is 2.02. The van der Waals surface area contributed by atoms with Crippen LogP contribution in [0.1, 0.15) is 78.6 Å². The van der Waals surface area contributed by atoms with Crippen LogP contribution >= 0.6 is 0 Å². The van der Waals surface area contributed by atoms with Crippen molar-refractivity contribution < 1.29 is 19.4 Å². The molecule has 0 bridgehead atoms. The minimum absolute atomic E-state index is 0.0959. The second-order valence-electron chi connectivity index (χ2n) is 11.3. The first-order chi connectivity index (χ1) is 14.3. The summed E-state index contributed by atoms with van der Waals surface area (Å²) in [4.78, 5) is 11.7. The summed E-state index contributed by atoms with van der Waals surface area (Å²) in [6, 6.07) is 0. The zero-order chi connectivity index (χ0) is 21.7. The van der Waals surface area contributed by atoms with Crippen LogP contribution in [0.2, 0.25) is 0 Å². The lowest BCUT2D eigenvalue weighted by atomic mass is 9.47. The number of carbonyl (C=O) groups is 1. The highest BCUT2D eigenvalue weighted by Gasteiger charge is 2.61.